The zero-order chi connectivity index (χ0) is 15.2. The van der Waals surface area contributed by atoms with E-state index >= 15 is 0 Å². The lowest BCUT2D eigenvalue weighted by Crippen LogP contribution is -2.62. The zero-order valence-corrected chi connectivity index (χ0v) is 12.5. The molecule has 1 aromatic carbocycles. The number of likely N-dealkylation sites (N-methyl/N-ethyl adjacent to an activating group) is 1. The van der Waals surface area contributed by atoms with Crippen molar-refractivity contribution >= 4 is 28.3 Å². The lowest BCUT2D eigenvalue weighted by molar-refractivity contribution is -0.136. The van der Waals surface area contributed by atoms with Crippen LogP contribution in [0.3, 0.4) is 0 Å². The van der Waals surface area contributed by atoms with Crippen molar-refractivity contribution < 1.29 is 4.79 Å². The monoisotopic (exact) mass is 285 g/mol. The van der Waals surface area contributed by atoms with Gasteiger partial charge in [0.1, 0.15) is 17.7 Å². The van der Waals surface area contributed by atoms with E-state index in [9.17, 15) is 4.79 Å². The Balaban J connectivity index is 2.14. The molecule has 110 valence electrons. The number of nitrogen functional groups attached to an aromatic ring is 1. The summed E-state index contributed by atoms with van der Waals surface area (Å²) in [6.45, 7) is 5.28. The average molecular weight is 285 g/mol. The van der Waals surface area contributed by atoms with Gasteiger partial charge in [0.2, 0.25) is 5.91 Å². The maximum atomic E-state index is 12.4. The van der Waals surface area contributed by atoms with Crippen molar-refractivity contribution in [2.75, 3.05) is 30.8 Å². The Kier molecular flexibility index (Phi) is 2.97. The number of fused-ring (bicyclic) bond motifs is 1. The molecule has 2 N–H and O–H groups in total. The van der Waals surface area contributed by atoms with E-state index in [4.69, 9.17) is 5.73 Å². The molecular formula is C15H19N5O. The summed E-state index contributed by atoms with van der Waals surface area (Å²) in [5.74, 6) is 0.877. The number of carbonyl (C=O) groups excluding carboxylic acids is 1. The van der Waals surface area contributed by atoms with Gasteiger partial charge in [0, 0.05) is 31.2 Å². The third-order valence-corrected chi connectivity index (χ3v) is 4.10. The van der Waals surface area contributed by atoms with Crippen molar-refractivity contribution in [3.05, 3.63) is 24.5 Å². The molecule has 1 aliphatic rings. The zero-order valence-electron chi connectivity index (χ0n) is 12.5. The first kappa shape index (κ1) is 13.6. The fraction of sp³-hybridized carbons (Fsp3) is 0.400. The molecule has 0 aliphatic carbocycles. The van der Waals surface area contributed by atoms with Crippen LogP contribution in [0.15, 0.2) is 24.5 Å². The highest BCUT2D eigenvalue weighted by Gasteiger charge is 2.41. The molecule has 0 atom stereocenters. The molecule has 2 heterocycles. The summed E-state index contributed by atoms with van der Waals surface area (Å²) < 4.78 is 0. The smallest absolute Gasteiger partial charge is 0.247 e. The number of aromatic nitrogens is 2. The van der Waals surface area contributed by atoms with E-state index in [1.807, 2.05) is 39.1 Å². The molecule has 1 aliphatic heterocycles. The van der Waals surface area contributed by atoms with Crippen LogP contribution >= 0.6 is 0 Å². The molecule has 0 spiro atoms. The van der Waals surface area contributed by atoms with Crippen LogP contribution in [0, 0.1) is 0 Å². The number of amides is 1. The quantitative estimate of drug-likeness (QED) is 0.799. The number of hydrogen-bond acceptors (Lipinski definition) is 5. The second-order valence-corrected chi connectivity index (χ2v) is 5.91. The van der Waals surface area contributed by atoms with Crippen LogP contribution < -0.4 is 10.6 Å². The molecule has 0 radical (unpaired) electrons. The summed E-state index contributed by atoms with van der Waals surface area (Å²) in [6, 6.07) is 5.57. The number of anilines is 2. The molecule has 6 nitrogen and oxygen atoms in total. The van der Waals surface area contributed by atoms with Crippen molar-refractivity contribution in [2.24, 2.45) is 0 Å². The molecule has 21 heavy (non-hydrogen) atoms. The number of benzene rings is 1. The number of rotatable bonds is 1. The van der Waals surface area contributed by atoms with Crippen LogP contribution in [-0.2, 0) is 4.79 Å². The van der Waals surface area contributed by atoms with Gasteiger partial charge in [-0.2, -0.15) is 0 Å². The Labute approximate surface area is 123 Å². The van der Waals surface area contributed by atoms with Gasteiger partial charge in [-0.1, -0.05) is 0 Å². The predicted molar refractivity (Wildman–Crippen MR) is 83.0 cm³/mol. The maximum Gasteiger partial charge on any atom is 0.247 e. The van der Waals surface area contributed by atoms with E-state index < -0.39 is 5.54 Å². The maximum absolute atomic E-state index is 12.4. The largest absolute Gasteiger partial charge is 0.399 e. The summed E-state index contributed by atoms with van der Waals surface area (Å²) in [7, 11) is 1.83. The first-order valence-electron chi connectivity index (χ1n) is 6.94. The number of piperazine rings is 1. The van der Waals surface area contributed by atoms with Gasteiger partial charge in [-0.25, -0.2) is 9.97 Å². The summed E-state index contributed by atoms with van der Waals surface area (Å²) in [5, 5.41) is 0.914. The average Bonchev–Trinajstić information content (AvgIpc) is 2.44. The van der Waals surface area contributed by atoms with Gasteiger partial charge in [0.15, 0.2) is 0 Å². The Morgan fingerprint density at radius 2 is 2.00 bits per heavy atom. The van der Waals surface area contributed by atoms with Crippen molar-refractivity contribution in [1.82, 2.24) is 14.9 Å². The second kappa shape index (κ2) is 4.58. The van der Waals surface area contributed by atoms with E-state index in [-0.39, 0.29) is 5.91 Å². The fourth-order valence-corrected chi connectivity index (χ4v) is 2.86. The highest BCUT2D eigenvalue weighted by atomic mass is 16.2. The second-order valence-electron chi connectivity index (χ2n) is 5.91. The van der Waals surface area contributed by atoms with Crippen molar-refractivity contribution in [3.8, 4) is 0 Å². The molecule has 2 aromatic rings. The summed E-state index contributed by atoms with van der Waals surface area (Å²) in [6.07, 6.45) is 1.52. The van der Waals surface area contributed by atoms with Gasteiger partial charge in [-0.05, 0) is 32.0 Å². The van der Waals surface area contributed by atoms with E-state index in [1.54, 1.807) is 4.90 Å². The van der Waals surface area contributed by atoms with E-state index in [2.05, 4.69) is 14.9 Å². The first-order valence-corrected chi connectivity index (χ1v) is 6.94. The Morgan fingerprint density at radius 1 is 1.24 bits per heavy atom. The summed E-state index contributed by atoms with van der Waals surface area (Å²) >= 11 is 0. The lowest BCUT2D eigenvalue weighted by Gasteiger charge is -2.45. The summed E-state index contributed by atoms with van der Waals surface area (Å²) in [4.78, 5) is 24.9. The minimum atomic E-state index is -0.629. The van der Waals surface area contributed by atoms with Crippen molar-refractivity contribution in [2.45, 2.75) is 19.4 Å². The van der Waals surface area contributed by atoms with Crippen LogP contribution in [0.5, 0.6) is 0 Å². The number of hydrogen-bond donors (Lipinski definition) is 1. The third-order valence-electron chi connectivity index (χ3n) is 4.10. The normalized spacial score (nSPS) is 18.3. The molecule has 0 bridgehead atoms. The van der Waals surface area contributed by atoms with Gasteiger partial charge < -0.3 is 15.5 Å². The molecule has 0 unspecified atom stereocenters. The van der Waals surface area contributed by atoms with Crippen LogP contribution in [0.25, 0.3) is 10.9 Å². The minimum Gasteiger partial charge on any atom is -0.399 e. The first-order chi connectivity index (χ1) is 9.91. The molecule has 1 fully saturated rings. The topological polar surface area (TPSA) is 75.3 Å². The molecule has 1 aromatic heterocycles. The van der Waals surface area contributed by atoms with E-state index in [0.29, 0.717) is 12.2 Å². The van der Waals surface area contributed by atoms with Gasteiger partial charge in [-0.15, -0.1) is 0 Å². The predicted octanol–water partition coefficient (Wildman–Crippen LogP) is 1.27. The SMILES string of the molecule is CN1CCN(c2ncnc3cc(N)ccc23)C(C)(C)C1=O. The molecule has 1 saturated heterocycles. The molecule has 6 heteroatoms. The highest BCUT2D eigenvalue weighted by Crippen LogP contribution is 2.32. The van der Waals surface area contributed by atoms with Crippen molar-refractivity contribution in [1.29, 1.82) is 0 Å². The number of carbonyl (C=O) groups is 1. The molecule has 0 saturated carbocycles. The standard InChI is InChI=1S/C15H19N5O/c1-15(2)14(21)19(3)6-7-20(15)13-11-5-4-10(16)8-12(11)17-9-18-13/h4-5,8-9H,6-7,16H2,1-3H3. The summed E-state index contributed by atoms with van der Waals surface area (Å²) in [5.41, 5.74) is 6.64. The Bertz CT molecular complexity index is 712. The highest BCUT2D eigenvalue weighted by molar-refractivity contribution is 5.96. The van der Waals surface area contributed by atoms with Crippen LogP contribution in [0.1, 0.15) is 13.8 Å². The Hall–Kier alpha value is -2.37. The van der Waals surface area contributed by atoms with Crippen molar-refractivity contribution in [3.63, 3.8) is 0 Å². The van der Waals surface area contributed by atoms with Gasteiger partial charge in [-0.3, -0.25) is 4.79 Å². The van der Waals surface area contributed by atoms with Crippen LogP contribution in [-0.4, -0.2) is 46.5 Å². The lowest BCUT2D eigenvalue weighted by atomic mass is 9.97. The Morgan fingerprint density at radius 3 is 2.76 bits per heavy atom. The number of nitrogens with zero attached hydrogens (tertiary/aromatic N) is 4. The van der Waals surface area contributed by atoms with Crippen LogP contribution in [0.4, 0.5) is 11.5 Å². The molecule has 1 amide bonds. The third kappa shape index (κ3) is 2.07. The van der Waals surface area contributed by atoms with Gasteiger partial charge >= 0.3 is 0 Å². The molecular weight excluding hydrogens is 266 g/mol. The van der Waals surface area contributed by atoms with Crippen LogP contribution in [0.2, 0.25) is 0 Å². The van der Waals surface area contributed by atoms with E-state index in [1.165, 1.54) is 6.33 Å². The molecule has 3 rings (SSSR count). The fourth-order valence-electron chi connectivity index (χ4n) is 2.86. The number of nitrogens with two attached hydrogens (primary N) is 1. The minimum absolute atomic E-state index is 0.0935. The van der Waals surface area contributed by atoms with E-state index in [0.717, 1.165) is 23.3 Å². The van der Waals surface area contributed by atoms with Gasteiger partial charge in [0.25, 0.3) is 0 Å². The van der Waals surface area contributed by atoms with Gasteiger partial charge in [0.05, 0.1) is 5.52 Å².